The molecule has 0 saturated heterocycles. The predicted molar refractivity (Wildman–Crippen MR) is 86.7 cm³/mol. The van der Waals surface area contributed by atoms with Crippen molar-refractivity contribution in [2.75, 3.05) is 6.54 Å². The first-order valence-corrected chi connectivity index (χ1v) is 8.24. The second-order valence-corrected chi connectivity index (χ2v) is 6.99. The molecule has 128 valence electrons. The van der Waals surface area contributed by atoms with Gasteiger partial charge in [0.1, 0.15) is 5.60 Å². The molecule has 1 rings (SSSR count). The van der Waals surface area contributed by atoms with Crippen LogP contribution in [0, 0.1) is 0 Å². The molecule has 0 spiro atoms. The quantitative estimate of drug-likeness (QED) is 0.724. The lowest BCUT2D eigenvalue weighted by Gasteiger charge is -2.32. The number of ether oxygens (including phenoxy) is 1. The van der Waals surface area contributed by atoms with E-state index in [-0.39, 0.29) is 30.1 Å². The van der Waals surface area contributed by atoms with Crippen molar-refractivity contribution >= 4 is 12.0 Å². The first kappa shape index (κ1) is 18.7. The Morgan fingerprint density at radius 3 is 2.45 bits per heavy atom. The van der Waals surface area contributed by atoms with Crippen LogP contribution in [-0.2, 0) is 9.53 Å². The van der Waals surface area contributed by atoms with Gasteiger partial charge in [0.05, 0.1) is 6.04 Å². The summed E-state index contributed by atoms with van der Waals surface area (Å²) in [7, 11) is 0. The van der Waals surface area contributed by atoms with Gasteiger partial charge in [0.2, 0.25) is 5.91 Å². The van der Waals surface area contributed by atoms with Gasteiger partial charge in [-0.15, -0.1) is 0 Å². The molecule has 6 nitrogen and oxygen atoms in total. The highest BCUT2D eigenvalue weighted by atomic mass is 16.6. The Kier molecular flexibility index (Phi) is 7.13. The van der Waals surface area contributed by atoms with E-state index >= 15 is 0 Å². The van der Waals surface area contributed by atoms with Crippen LogP contribution in [0.1, 0.15) is 60.3 Å². The predicted octanol–water partition coefficient (Wildman–Crippen LogP) is 1.94. The van der Waals surface area contributed by atoms with E-state index in [4.69, 9.17) is 4.74 Å². The number of amides is 2. The van der Waals surface area contributed by atoms with Gasteiger partial charge in [0.15, 0.2) is 0 Å². The summed E-state index contributed by atoms with van der Waals surface area (Å²) in [5.74, 6) is 0.0183. The van der Waals surface area contributed by atoms with Crippen molar-refractivity contribution < 1.29 is 14.3 Å². The summed E-state index contributed by atoms with van der Waals surface area (Å²) in [6, 6.07) is 0.124. The van der Waals surface area contributed by atoms with Crippen LogP contribution in [0.25, 0.3) is 0 Å². The van der Waals surface area contributed by atoms with Crippen molar-refractivity contribution in [1.82, 2.24) is 16.0 Å². The Bertz CT molecular complexity index is 379. The minimum absolute atomic E-state index is 0.0183. The third kappa shape index (κ3) is 7.11. The zero-order chi connectivity index (χ0) is 16.8. The van der Waals surface area contributed by atoms with Gasteiger partial charge in [-0.05, 0) is 60.3 Å². The van der Waals surface area contributed by atoms with Gasteiger partial charge in [-0.2, -0.15) is 0 Å². The van der Waals surface area contributed by atoms with Crippen LogP contribution in [0.2, 0.25) is 0 Å². The molecule has 0 aromatic heterocycles. The lowest BCUT2D eigenvalue weighted by Crippen LogP contribution is -2.51. The standard InChI is InChI=1S/C16H31N3O3/c1-6-17-14(20)11(2)18-12-8-7-9-13(10-12)19-15(21)22-16(3,4)5/h11-13,18H,6-10H2,1-5H3,(H,17,20)(H,19,21). The minimum Gasteiger partial charge on any atom is -0.444 e. The topological polar surface area (TPSA) is 79.5 Å². The molecule has 0 aliphatic heterocycles. The summed E-state index contributed by atoms with van der Waals surface area (Å²) in [6.45, 7) is 9.98. The second kappa shape index (κ2) is 8.36. The van der Waals surface area contributed by atoms with Crippen molar-refractivity contribution in [3.8, 4) is 0 Å². The molecule has 1 aliphatic carbocycles. The Morgan fingerprint density at radius 1 is 1.23 bits per heavy atom. The van der Waals surface area contributed by atoms with Crippen LogP contribution in [0.15, 0.2) is 0 Å². The summed E-state index contributed by atoms with van der Waals surface area (Å²) in [6.07, 6.45) is 3.46. The van der Waals surface area contributed by atoms with Crippen LogP contribution >= 0.6 is 0 Å². The van der Waals surface area contributed by atoms with E-state index in [0.29, 0.717) is 6.54 Å². The summed E-state index contributed by atoms with van der Waals surface area (Å²) in [4.78, 5) is 23.6. The van der Waals surface area contributed by atoms with Crippen molar-refractivity contribution in [2.45, 2.75) is 84.0 Å². The van der Waals surface area contributed by atoms with E-state index in [1.165, 1.54) is 0 Å². The molecular weight excluding hydrogens is 282 g/mol. The molecule has 2 amide bonds. The molecule has 22 heavy (non-hydrogen) atoms. The van der Waals surface area contributed by atoms with Gasteiger partial charge >= 0.3 is 6.09 Å². The maximum absolute atomic E-state index is 11.8. The molecule has 3 unspecified atom stereocenters. The highest BCUT2D eigenvalue weighted by molar-refractivity contribution is 5.81. The molecule has 0 bridgehead atoms. The lowest BCUT2D eigenvalue weighted by atomic mass is 9.90. The van der Waals surface area contributed by atoms with Crippen molar-refractivity contribution in [2.24, 2.45) is 0 Å². The molecule has 0 aromatic carbocycles. The van der Waals surface area contributed by atoms with Gasteiger partial charge < -0.3 is 20.7 Å². The first-order chi connectivity index (χ1) is 10.2. The average Bonchev–Trinajstić information content (AvgIpc) is 2.36. The van der Waals surface area contributed by atoms with Crippen LogP contribution in [0.5, 0.6) is 0 Å². The van der Waals surface area contributed by atoms with E-state index in [0.717, 1.165) is 25.7 Å². The number of carbonyl (C=O) groups is 2. The molecule has 1 fully saturated rings. The zero-order valence-electron chi connectivity index (χ0n) is 14.5. The Balaban J connectivity index is 2.41. The Morgan fingerprint density at radius 2 is 1.86 bits per heavy atom. The lowest BCUT2D eigenvalue weighted by molar-refractivity contribution is -0.122. The van der Waals surface area contributed by atoms with E-state index in [9.17, 15) is 9.59 Å². The molecule has 3 N–H and O–H groups in total. The molecule has 1 saturated carbocycles. The smallest absolute Gasteiger partial charge is 0.407 e. The SMILES string of the molecule is CCNC(=O)C(C)NC1CCCC(NC(=O)OC(C)(C)C)C1. The third-order valence-electron chi connectivity index (χ3n) is 3.63. The van der Waals surface area contributed by atoms with Crippen LogP contribution in [0.4, 0.5) is 4.79 Å². The second-order valence-electron chi connectivity index (χ2n) is 6.99. The highest BCUT2D eigenvalue weighted by Gasteiger charge is 2.27. The normalized spacial score (nSPS) is 23.5. The molecular formula is C16H31N3O3. The summed E-state index contributed by atoms with van der Waals surface area (Å²) >= 11 is 0. The molecule has 0 aromatic rings. The number of carbonyl (C=O) groups excluding carboxylic acids is 2. The van der Waals surface area contributed by atoms with Crippen LogP contribution in [0.3, 0.4) is 0 Å². The number of likely N-dealkylation sites (N-methyl/N-ethyl adjacent to an activating group) is 1. The van der Waals surface area contributed by atoms with Crippen molar-refractivity contribution in [3.05, 3.63) is 0 Å². The van der Waals surface area contributed by atoms with E-state index in [2.05, 4.69) is 16.0 Å². The third-order valence-corrected chi connectivity index (χ3v) is 3.63. The number of hydrogen-bond donors (Lipinski definition) is 3. The van der Waals surface area contributed by atoms with Crippen molar-refractivity contribution in [3.63, 3.8) is 0 Å². The Labute approximate surface area is 133 Å². The first-order valence-electron chi connectivity index (χ1n) is 8.24. The number of hydrogen-bond acceptors (Lipinski definition) is 4. The maximum atomic E-state index is 11.8. The summed E-state index contributed by atoms with van der Waals surface area (Å²) in [5.41, 5.74) is -0.483. The van der Waals surface area contributed by atoms with Gasteiger partial charge in [0, 0.05) is 18.6 Å². The average molecular weight is 313 g/mol. The van der Waals surface area contributed by atoms with Crippen LogP contribution < -0.4 is 16.0 Å². The van der Waals surface area contributed by atoms with Gasteiger partial charge in [-0.3, -0.25) is 4.79 Å². The fraction of sp³-hybridized carbons (Fsp3) is 0.875. The van der Waals surface area contributed by atoms with Gasteiger partial charge in [-0.1, -0.05) is 0 Å². The number of alkyl carbamates (subject to hydrolysis) is 1. The molecule has 6 heteroatoms. The summed E-state index contributed by atoms with van der Waals surface area (Å²) in [5, 5.41) is 9.09. The minimum atomic E-state index is -0.483. The molecule has 1 aliphatic rings. The van der Waals surface area contributed by atoms with E-state index in [1.54, 1.807) is 0 Å². The number of rotatable bonds is 5. The van der Waals surface area contributed by atoms with Gasteiger partial charge in [0.25, 0.3) is 0 Å². The van der Waals surface area contributed by atoms with Gasteiger partial charge in [-0.25, -0.2) is 4.79 Å². The molecule has 3 atom stereocenters. The summed E-state index contributed by atoms with van der Waals surface area (Å²) < 4.78 is 5.29. The fourth-order valence-electron chi connectivity index (χ4n) is 2.70. The largest absolute Gasteiger partial charge is 0.444 e. The van der Waals surface area contributed by atoms with Crippen LogP contribution in [-0.4, -0.2) is 42.3 Å². The van der Waals surface area contributed by atoms with Crippen molar-refractivity contribution in [1.29, 1.82) is 0 Å². The fourth-order valence-corrected chi connectivity index (χ4v) is 2.70. The molecule has 0 heterocycles. The van der Waals surface area contributed by atoms with E-state index < -0.39 is 5.60 Å². The molecule has 0 radical (unpaired) electrons. The Hall–Kier alpha value is -1.30. The highest BCUT2D eigenvalue weighted by Crippen LogP contribution is 2.19. The monoisotopic (exact) mass is 313 g/mol. The zero-order valence-corrected chi connectivity index (χ0v) is 14.5. The number of nitrogens with one attached hydrogen (secondary N) is 3. The van der Waals surface area contributed by atoms with E-state index in [1.807, 2.05) is 34.6 Å². The maximum Gasteiger partial charge on any atom is 0.407 e.